The Kier molecular flexibility index (Phi) is 4.36. The largest absolute Gasteiger partial charge is 0.495 e. The molecule has 0 atom stereocenters. The van der Waals surface area contributed by atoms with E-state index in [1.54, 1.807) is 18.3 Å². The van der Waals surface area contributed by atoms with E-state index in [0.29, 0.717) is 17.4 Å². The highest BCUT2D eigenvalue weighted by Crippen LogP contribution is 2.35. The molecule has 4 rings (SSSR count). The first kappa shape index (κ1) is 17.6. The van der Waals surface area contributed by atoms with Crippen molar-refractivity contribution in [1.82, 2.24) is 19.4 Å². The van der Waals surface area contributed by atoms with E-state index in [2.05, 4.69) is 15.1 Å². The molecule has 0 amide bonds. The van der Waals surface area contributed by atoms with Gasteiger partial charge in [-0.15, -0.1) is 0 Å². The molecule has 1 saturated heterocycles. The number of nitrogens with zero attached hydrogens (tertiary/aromatic N) is 4. The van der Waals surface area contributed by atoms with E-state index in [0.717, 1.165) is 12.1 Å². The first-order chi connectivity index (χ1) is 13.0. The molecule has 0 N–H and O–H groups in total. The van der Waals surface area contributed by atoms with Gasteiger partial charge in [0, 0.05) is 19.3 Å². The van der Waals surface area contributed by atoms with Crippen LogP contribution in [0.15, 0.2) is 52.0 Å². The molecular weight excluding hydrogens is 375 g/mol. The zero-order valence-corrected chi connectivity index (χ0v) is 15.1. The maximum absolute atomic E-state index is 13.5. The van der Waals surface area contributed by atoms with Gasteiger partial charge in [-0.1, -0.05) is 11.2 Å². The van der Waals surface area contributed by atoms with Gasteiger partial charge in [-0.2, -0.15) is 9.29 Å². The van der Waals surface area contributed by atoms with E-state index >= 15 is 0 Å². The summed E-state index contributed by atoms with van der Waals surface area (Å²) in [4.78, 5) is 8.23. The monoisotopic (exact) mass is 390 g/mol. The van der Waals surface area contributed by atoms with Gasteiger partial charge < -0.3 is 9.26 Å². The minimum Gasteiger partial charge on any atom is -0.495 e. The van der Waals surface area contributed by atoms with Crippen molar-refractivity contribution in [3.8, 4) is 17.3 Å². The third kappa shape index (κ3) is 3.17. The lowest BCUT2D eigenvalue weighted by molar-refractivity contribution is 0.216. The van der Waals surface area contributed by atoms with Crippen molar-refractivity contribution in [1.29, 1.82) is 0 Å². The lowest BCUT2D eigenvalue weighted by Crippen LogP contribution is -2.48. The Bertz CT molecular complexity index is 1070. The minimum atomic E-state index is -3.89. The van der Waals surface area contributed by atoms with E-state index in [1.807, 2.05) is 6.07 Å². The Hall–Kier alpha value is -2.85. The second kappa shape index (κ2) is 6.71. The Balaban J connectivity index is 1.51. The first-order valence-electron chi connectivity index (χ1n) is 8.08. The number of hydrogen-bond donors (Lipinski definition) is 0. The molecule has 1 aliphatic rings. The van der Waals surface area contributed by atoms with Crippen molar-refractivity contribution in [3.05, 3.63) is 54.3 Å². The first-order valence-corrected chi connectivity index (χ1v) is 9.52. The number of hydrogen-bond acceptors (Lipinski definition) is 7. The summed E-state index contributed by atoms with van der Waals surface area (Å²) >= 11 is 0. The summed E-state index contributed by atoms with van der Waals surface area (Å²) < 4.78 is 50.5. The molecule has 3 aromatic rings. The van der Waals surface area contributed by atoms with Gasteiger partial charge >= 0.3 is 0 Å². The number of sulfonamides is 1. The topological polar surface area (TPSA) is 98.4 Å². The lowest BCUT2D eigenvalue weighted by atomic mass is 10.0. The van der Waals surface area contributed by atoms with Crippen LogP contribution in [-0.4, -0.2) is 48.0 Å². The molecule has 1 aliphatic heterocycles. The molecule has 0 radical (unpaired) electrons. The fraction of sp³-hybridized carbons (Fsp3) is 0.235. The predicted octanol–water partition coefficient (Wildman–Crippen LogP) is 2.07. The molecule has 10 heteroatoms. The summed E-state index contributed by atoms with van der Waals surface area (Å²) in [6, 6.07) is 8.73. The van der Waals surface area contributed by atoms with E-state index in [-0.39, 0.29) is 29.7 Å². The van der Waals surface area contributed by atoms with Crippen LogP contribution in [0.3, 0.4) is 0 Å². The van der Waals surface area contributed by atoms with Crippen molar-refractivity contribution < 1.29 is 22.1 Å². The molecule has 0 aliphatic carbocycles. The smallest absolute Gasteiger partial charge is 0.246 e. The second-order valence-electron chi connectivity index (χ2n) is 5.99. The third-order valence-corrected chi connectivity index (χ3v) is 6.13. The van der Waals surface area contributed by atoms with Crippen molar-refractivity contribution in [2.24, 2.45) is 0 Å². The maximum Gasteiger partial charge on any atom is 0.246 e. The van der Waals surface area contributed by atoms with E-state index in [9.17, 15) is 12.8 Å². The fourth-order valence-electron chi connectivity index (χ4n) is 2.78. The van der Waals surface area contributed by atoms with Crippen LogP contribution in [0.1, 0.15) is 11.8 Å². The van der Waals surface area contributed by atoms with E-state index < -0.39 is 15.8 Å². The average molecular weight is 390 g/mol. The summed E-state index contributed by atoms with van der Waals surface area (Å²) in [5.74, 6) is -0.102. The van der Waals surface area contributed by atoms with Gasteiger partial charge in [0.1, 0.15) is 22.2 Å². The Labute approximate surface area is 154 Å². The number of methoxy groups -OCH3 is 1. The molecule has 8 nitrogen and oxygen atoms in total. The Morgan fingerprint density at radius 1 is 1.26 bits per heavy atom. The molecule has 0 unspecified atom stereocenters. The number of ether oxygens (including phenoxy) is 1. The summed E-state index contributed by atoms with van der Waals surface area (Å²) in [7, 11) is -2.55. The molecular formula is C17H15FN4O4S. The standard InChI is InChI=1S/C17H15FN4O4S/c1-25-14-6-5-12(18)8-15(14)27(23,24)22-9-11(10-22)17-20-16(21-26-17)13-4-2-3-7-19-13/h2-8,11H,9-10H2,1H3. The van der Waals surface area contributed by atoms with Crippen molar-refractivity contribution in [2.45, 2.75) is 10.8 Å². The van der Waals surface area contributed by atoms with Gasteiger partial charge in [-0.25, -0.2) is 12.8 Å². The number of aromatic nitrogens is 3. The molecule has 1 fully saturated rings. The van der Waals surface area contributed by atoms with Crippen LogP contribution in [0, 0.1) is 5.82 Å². The van der Waals surface area contributed by atoms with Crippen LogP contribution in [-0.2, 0) is 10.0 Å². The predicted molar refractivity (Wildman–Crippen MR) is 92.0 cm³/mol. The molecule has 140 valence electrons. The zero-order valence-electron chi connectivity index (χ0n) is 14.2. The summed E-state index contributed by atoms with van der Waals surface area (Å²) in [6.45, 7) is 0.317. The molecule has 0 spiro atoms. The van der Waals surface area contributed by atoms with Gasteiger partial charge in [0.2, 0.25) is 21.7 Å². The zero-order chi connectivity index (χ0) is 19.0. The molecule has 1 aromatic carbocycles. The van der Waals surface area contributed by atoms with Crippen molar-refractivity contribution in [2.75, 3.05) is 20.2 Å². The van der Waals surface area contributed by atoms with Crippen LogP contribution in [0.25, 0.3) is 11.5 Å². The van der Waals surface area contributed by atoms with Gasteiger partial charge in [0.25, 0.3) is 0 Å². The van der Waals surface area contributed by atoms with Crippen LogP contribution in [0.4, 0.5) is 4.39 Å². The highest BCUT2D eigenvalue weighted by molar-refractivity contribution is 7.89. The third-order valence-electron chi connectivity index (χ3n) is 4.28. The van der Waals surface area contributed by atoms with Crippen LogP contribution in [0.5, 0.6) is 5.75 Å². The van der Waals surface area contributed by atoms with Crippen LogP contribution < -0.4 is 4.74 Å². The second-order valence-corrected chi connectivity index (χ2v) is 7.89. The summed E-state index contributed by atoms with van der Waals surface area (Å²) in [5.41, 5.74) is 0.570. The number of benzene rings is 1. The summed E-state index contributed by atoms with van der Waals surface area (Å²) in [5, 5.41) is 3.89. The maximum atomic E-state index is 13.5. The van der Waals surface area contributed by atoms with Crippen LogP contribution in [0.2, 0.25) is 0 Å². The average Bonchev–Trinajstić information content (AvgIpc) is 3.10. The Morgan fingerprint density at radius 2 is 2.07 bits per heavy atom. The van der Waals surface area contributed by atoms with E-state index in [1.165, 1.54) is 17.5 Å². The van der Waals surface area contributed by atoms with Gasteiger partial charge in [-0.3, -0.25) is 4.98 Å². The molecule has 0 bridgehead atoms. The number of halogens is 1. The van der Waals surface area contributed by atoms with Crippen LogP contribution >= 0.6 is 0 Å². The van der Waals surface area contributed by atoms with E-state index in [4.69, 9.17) is 9.26 Å². The SMILES string of the molecule is COc1ccc(F)cc1S(=O)(=O)N1CC(c2nc(-c3ccccn3)no2)C1. The van der Waals surface area contributed by atoms with Gasteiger partial charge in [0.15, 0.2) is 0 Å². The van der Waals surface area contributed by atoms with Crippen molar-refractivity contribution in [3.63, 3.8) is 0 Å². The lowest BCUT2D eigenvalue weighted by Gasteiger charge is -2.36. The van der Waals surface area contributed by atoms with Gasteiger partial charge in [-0.05, 0) is 30.3 Å². The highest BCUT2D eigenvalue weighted by Gasteiger charge is 2.41. The summed E-state index contributed by atoms with van der Waals surface area (Å²) in [6.07, 6.45) is 1.62. The molecule has 27 heavy (non-hydrogen) atoms. The normalized spacial score (nSPS) is 15.5. The van der Waals surface area contributed by atoms with Crippen molar-refractivity contribution >= 4 is 10.0 Å². The number of rotatable bonds is 5. The number of pyridine rings is 1. The van der Waals surface area contributed by atoms with Gasteiger partial charge in [0.05, 0.1) is 13.0 Å². The molecule has 2 aromatic heterocycles. The minimum absolute atomic E-state index is 0.0927. The fourth-order valence-corrected chi connectivity index (χ4v) is 4.48. The molecule has 3 heterocycles. The quantitative estimate of drug-likeness (QED) is 0.658. The molecule has 0 saturated carbocycles. The highest BCUT2D eigenvalue weighted by atomic mass is 32.2. The Morgan fingerprint density at radius 3 is 2.78 bits per heavy atom.